The summed E-state index contributed by atoms with van der Waals surface area (Å²) in [5.74, 6) is 1.12. The number of pyridine rings is 1. The molecule has 6 heteroatoms. The highest BCUT2D eigenvalue weighted by Crippen LogP contribution is 2.33. The van der Waals surface area contributed by atoms with E-state index in [9.17, 15) is 4.79 Å². The Morgan fingerprint density at radius 3 is 2.77 bits per heavy atom. The standard InChI is InChI=1S/C20H17N5O/c1-11-7-8-21-10-15(11)20-24-23-19-12(2)22-16-6-5-14(9-17(16)25(19)20)18(26)13-3-4-13/h5-10,13H,3-4H2,1-2H3. The number of carbonyl (C=O) groups excluding carboxylic acids is 1. The van der Waals surface area contributed by atoms with Crippen molar-refractivity contribution in [2.75, 3.05) is 0 Å². The van der Waals surface area contributed by atoms with E-state index in [1.54, 1.807) is 12.4 Å². The van der Waals surface area contributed by atoms with E-state index in [0.717, 1.165) is 52.1 Å². The van der Waals surface area contributed by atoms with E-state index in [0.29, 0.717) is 5.65 Å². The van der Waals surface area contributed by atoms with Gasteiger partial charge in [-0.1, -0.05) is 0 Å². The van der Waals surface area contributed by atoms with Gasteiger partial charge in [-0.2, -0.15) is 0 Å². The summed E-state index contributed by atoms with van der Waals surface area (Å²) < 4.78 is 1.99. The van der Waals surface area contributed by atoms with Crippen LogP contribution >= 0.6 is 0 Å². The van der Waals surface area contributed by atoms with Crippen LogP contribution in [0.25, 0.3) is 28.1 Å². The van der Waals surface area contributed by atoms with E-state index < -0.39 is 0 Å². The smallest absolute Gasteiger partial charge is 0.183 e. The highest BCUT2D eigenvalue weighted by atomic mass is 16.1. The third-order valence-electron chi connectivity index (χ3n) is 5.00. The van der Waals surface area contributed by atoms with Crippen LogP contribution in [0.1, 0.15) is 34.5 Å². The Labute approximate surface area is 149 Å². The monoisotopic (exact) mass is 343 g/mol. The second-order valence-electron chi connectivity index (χ2n) is 6.91. The molecule has 5 rings (SSSR count). The number of hydrogen-bond donors (Lipinski definition) is 0. The van der Waals surface area contributed by atoms with Crippen LogP contribution in [-0.2, 0) is 0 Å². The lowest BCUT2D eigenvalue weighted by atomic mass is 10.1. The summed E-state index contributed by atoms with van der Waals surface area (Å²) in [5, 5.41) is 8.75. The zero-order valence-electron chi connectivity index (χ0n) is 14.6. The third kappa shape index (κ3) is 2.22. The largest absolute Gasteiger partial charge is 0.294 e. The van der Waals surface area contributed by atoms with Crippen molar-refractivity contribution < 1.29 is 4.79 Å². The van der Waals surface area contributed by atoms with E-state index in [1.165, 1.54) is 0 Å². The summed E-state index contributed by atoms with van der Waals surface area (Å²) in [6.45, 7) is 3.95. The van der Waals surface area contributed by atoms with Crippen LogP contribution in [0.15, 0.2) is 36.7 Å². The Kier molecular flexibility index (Phi) is 3.16. The number of aromatic nitrogens is 5. The number of nitrogens with zero attached hydrogens (tertiary/aromatic N) is 5. The van der Waals surface area contributed by atoms with Gasteiger partial charge in [-0.15, -0.1) is 10.2 Å². The van der Waals surface area contributed by atoms with E-state index >= 15 is 0 Å². The molecule has 26 heavy (non-hydrogen) atoms. The Hall–Kier alpha value is -3.15. The number of Topliss-reactive ketones (excluding diaryl/α,β-unsaturated/α-hetero) is 1. The van der Waals surface area contributed by atoms with Gasteiger partial charge in [-0.05, 0) is 56.5 Å². The molecule has 128 valence electrons. The van der Waals surface area contributed by atoms with Gasteiger partial charge < -0.3 is 0 Å². The van der Waals surface area contributed by atoms with Crippen LogP contribution in [0.2, 0.25) is 0 Å². The normalized spacial score (nSPS) is 14.2. The summed E-state index contributed by atoms with van der Waals surface area (Å²) in [6, 6.07) is 7.67. The molecule has 1 saturated carbocycles. The summed E-state index contributed by atoms with van der Waals surface area (Å²) >= 11 is 0. The van der Waals surface area contributed by atoms with E-state index in [-0.39, 0.29) is 11.7 Å². The molecule has 4 aromatic rings. The number of hydrogen-bond acceptors (Lipinski definition) is 5. The van der Waals surface area contributed by atoms with Gasteiger partial charge >= 0.3 is 0 Å². The summed E-state index contributed by atoms with van der Waals surface area (Å²) in [7, 11) is 0. The lowest BCUT2D eigenvalue weighted by Gasteiger charge is -2.09. The molecule has 0 N–H and O–H groups in total. The molecule has 3 aromatic heterocycles. The van der Waals surface area contributed by atoms with Gasteiger partial charge in [0.1, 0.15) is 0 Å². The van der Waals surface area contributed by atoms with Crippen molar-refractivity contribution in [1.29, 1.82) is 0 Å². The first kappa shape index (κ1) is 15.1. The second kappa shape index (κ2) is 5.42. The van der Waals surface area contributed by atoms with E-state index in [4.69, 9.17) is 0 Å². The van der Waals surface area contributed by atoms with Gasteiger partial charge in [-0.25, -0.2) is 4.98 Å². The molecule has 0 spiro atoms. The quantitative estimate of drug-likeness (QED) is 0.532. The SMILES string of the molecule is Cc1ccncc1-c1nnc2c(C)nc3ccc(C(=O)C4CC4)cc3n12. The number of rotatable bonds is 3. The van der Waals surface area contributed by atoms with Crippen molar-refractivity contribution in [3.63, 3.8) is 0 Å². The average Bonchev–Trinajstić information content (AvgIpc) is 3.40. The molecule has 0 atom stereocenters. The summed E-state index contributed by atoms with van der Waals surface area (Å²) in [6.07, 6.45) is 5.54. The van der Waals surface area contributed by atoms with Crippen LogP contribution < -0.4 is 0 Å². The number of aryl methyl sites for hydroxylation is 2. The summed E-state index contributed by atoms with van der Waals surface area (Å²) in [4.78, 5) is 21.4. The van der Waals surface area contributed by atoms with Crippen LogP contribution in [-0.4, -0.2) is 30.3 Å². The maximum Gasteiger partial charge on any atom is 0.183 e. The first-order valence-corrected chi connectivity index (χ1v) is 8.74. The molecule has 1 fully saturated rings. The van der Waals surface area contributed by atoms with Crippen molar-refractivity contribution in [2.45, 2.75) is 26.7 Å². The van der Waals surface area contributed by atoms with E-state index in [2.05, 4.69) is 20.2 Å². The molecule has 0 bridgehead atoms. The average molecular weight is 343 g/mol. The van der Waals surface area contributed by atoms with Gasteiger partial charge in [0.2, 0.25) is 0 Å². The molecule has 0 aliphatic heterocycles. The molecule has 1 aromatic carbocycles. The molecule has 0 saturated heterocycles. The van der Waals surface area contributed by atoms with Gasteiger partial charge in [0.25, 0.3) is 0 Å². The first-order valence-electron chi connectivity index (χ1n) is 8.74. The minimum Gasteiger partial charge on any atom is -0.294 e. The maximum absolute atomic E-state index is 12.5. The first-order chi connectivity index (χ1) is 12.6. The fourth-order valence-electron chi connectivity index (χ4n) is 3.38. The van der Waals surface area contributed by atoms with Gasteiger partial charge in [0, 0.05) is 29.4 Å². The number of benzene rings is 1. The Bertz CT molecular complexity index is 1190. The zero-order valence-corrected chi connectivity index (χ0v) is 14.6. The maximum atomic E-state index is 12.5. The third-order valence-corrected chi connectivity index (χ3v) is 5.00. The number of fused-ring (bicyclic) bond motifs is 3. The molecule has 0 radical (unpaired) electrons. The van der Waals surface area contributed by atoms with Gasteiger partial charge in [-0.3, -0.25) is 14.2 Å². The fourth-order valence-corrected chi connectivity index (χ4v) is 3.38. The Morgan fingerprint density at radius 1 is 1.15 bits per heavy atom. The van der Waals surface area contributed by atoms with Crippen LogP contribution in [0, 0.1) is 19.8 Å². The molecule has 1 aliphatic carbocycles. The lowest BCUT2D eigenvalue weighted by Crippen LogP contribution is -2.04. The van der Waals surface area contributed by atoms with Crippen molar-refractivity contribution in [3.8, 4) is 11.4 Å². The van der Waals surface area contributed by atoms with Crippen molar-refractivity contribution in [3.05, 3.63) is 53.5 Å². The van der Waals surface area contributed by atoms with Gasteiger partial charge in [0.05, 0.1) is 16.7 Å². The van der Waals surface area contributed by atoms with E-state index in [1.807, 2.05) is 42.5 Å². The van der Waals surface area contributed by atoms with Crippen molar-refractivity contribution in [1.82, 2.24) is 24.6 Å². The fraction of sp³-hybridized carbons (Fsp3) is 0.250. The minimum absolute atomic E-state index is 0.183. The van der Waals surface area contributed by atoms with Gasteiger partial charge in [0.15, 0.2) is 17.3 Å². The topological polar surface area (TPSA) is 73.0 Å². The predicted octanol–water partition coefficient (Wildman–Crippen LogP) is 3.55. The Morgan fingerprint density at radius 2 is 2.00 bits per heavy atom. The van der Waals surface area contributed by atoms with Crippen LogP contribution in [0.3, 0.4) is 0 Å². The molecular formula is C20H17N5O. The molecule has 3 heterocycles. The molecule has 0 unspecified atom stereocenters. The van der Waals surface area contributed by atoms with Crippen molar-refractivity contribution in [2.24, 2.45) is 5.92 Å². The summed E-state index contributed by atoms with van der Waals surface area (Å²) in [5.41, 5.74) is 5.90. The molecular weight excluding hydrogens is 326 g/mol. The Balaban J connectivity index is 1.84. The zero-order chi connectivity index (χ0) is 17.8. The second-order valence-corrected chi connectivity index (χ2v) is 6.91. The van der Waals surface area contributed by atoms with Crippen LogP contribution in [0.4, 0.5) is 0 Å². The lowest BCUT2D eigenvalue weighted by molar-refractivity contribution is 0.0968. The number of carbonyl (C=O) groups is 1. The molecule has 6 nitrogen and oxygen atoms in total. The molecule has 0 amide bonds. The highest BCUT2D eigenvalue weighted by molar-refractivity contribution is 6.02. The molecule has 1 aliphatic rings. The van der Waals surface area contributed by atoms with Crippen molar-refractivity contribution >= 4 is 22.5 Å². The number of ketones is 1. The predicted molar refractivity (Wildman–Crippen MR) is 98.0 cm³/mol. The highest BCUT2D eigenvalue weighted by Gasteiger charge is 2.30. The van der Waals surface area contributed by atoms with Crippen LogP contribution in [0.5, 0.6) is 0 Å². The minimum atomic E-state index is 0.183.